The van der Waals surface area contributed by atoms with E-state index >= 15 is 0 Å². The van der Waals surface area contributed by atoms with E-state index in [0.29, 0.717) is 29.4 Å². The normalized spacial score (nSPS) is 14.7. The summed E-state index contributed by atoms with van der Waals surface area (Å²) in [5, 5.41) is 8.39. The highest BCUT2D eigenvalue weighted by atomic mass is 35.5. The molecule has 33 heavy (non-hydrogen) atoms. The quantitative estimate of drug-likeness (QED) is 0.404. The van der Waals surface area contributed by atoms with E-state index in [1.54, 1.807) is 13.2 Å². The van der Waals surface area contributed by atoms with Crippen LogP contribution in [0, 0.1) is 0 Å². The highest BCUT2D eigenvalue weighted by Gasteiger charge is 2.33. The first-order chi connectivity index (χ1) is 15.9. The van der Waals surface area contributed by atoms with Crippen molar-refractivity contribution < 1.29 is 19.1 Å². The first kappa shape index (κ1) is 23.1. The molecule has 11 heteroatoms. The number of ether oxygens (including phenoxy) is 2. The minimum atomic E-state index is -1.11. The zero-order valence-corrected chi connectivity index (χ0v) is 19.9. The van der Waals surface area contributed by atoms with Crippen molar-refractivity contribution in [2.45, 2.75) is 26.5 Å². The molecule has 172 valence electrons. The maximum absolute atomic E-state index is 12.6. The van der Waals surface area contributed by atoms with Crippen molar-refractivity contribution in [3.05, 3.63) is 63.0 Å². The Kier molecular flexibility index (Phi) is 6.87. The van der Waals surface area contributed by atoms with E-state index < -0.39 is 18.1 Å². The summed E-state index contributed by atoms with van der Waals surface area (Å²) in [6, 6.07) is 9.34. The van der Waals surface area contributed by atoms with Crippen LogP contribution in [0.4, 0.5) is 0 Å². The topological polar surface area (TPSA) is 108 Å². The lowest BCUT2D eigenvalue weighted by Gasteiger charge is -2.12. The summed E-state index contributed by atoms with van der Waals surface area (Å²) >= 11 is 8.00. The minimum absolute atomic E-state index is 0.0490. The molecule has 1 aliphatic heterocycles. The van der Waals surface area contributed by atoms with Crippen molar-refractivity contribution in [3.8, 4) is 5.00 Å². The van der Waals surface area contributed by atoms with Crippen molar-refractivity contribution in [1.82, 2.24) is 20.1 Å². The molecule has 1 amide bonds. The summed E-state index contributed by atoms with van der Waals surface area (Å²) < 4.78 is 12.0. The molecule has 1 atom stereocenters. The molecule has 1 unspecified atom stereocenters. The number of hydrogen-bond donors (Lipinski definition) is 1. The fourth-order valence-electron chi connectivity index (χ4n) is 3.36. The third-order valence-corrected chi connectivity index (χ3v) is 6.44. The summed E-state index contributed by atoms with van der Waals surface area (Å²) in [6.45, 7) is 4.01. The van der Waals surface area contributed by atoms with Gasteiger partial charge in [0.1, 0.15) is 5.00 Å². The summed E-state index contributed by atoms with van der Waals surface area (Å²) in [5.74, 6) is -0.817. The number of amides is 1. The van der Waals surface area contributed by atoms with Crippen molar-refractivity contribution in [2.75, 3.05) is 20.3 Å². The molecule has 0 saturated carbocycles. The Labute approximate surface area is 199 Å². The van der Waals surface area contributed by atoms with Gasteiger partial charge in [0.2, 0.25) is 5.82 Å². The first-order valence-electron chi connectivity index (χ1n) is 10.3. The van der Waals surface area contributed by atoms with Crippen LogP contribution in [0.1, 0.15) is 52.5 Å². The Morgan fingerprint density at radius 2 is 2.06 bits per heavy atom. The van der Waals surface area contributed by atoms with E-state index in [0.717, 1.165) is 21.9 Å². The largest absolute Gasteiger partial charge is 0.432 e. The number of methoxy groups -OCH3 is 1. The monoisotopic (exact) mass is 487 g/mol. The number of thiophene rings is 1. The number of benzene rings is 1. The molecule has 3 aromatic rings. The van der Waals surface area contributed by atoms with E-state index in [1.165, 1.54) is 22.9 Å². The third kappa shape index (κ3) is 4.68. The van der Waals surface area contributed by atoms with Crippen LogP contribution < -0.4 is 5.32 Å². The van der Waals surface area contributed by atoms with E-state index in [4.69, 9.17) is 26.1 Å². The van der Waals surface area contributed by atoms with Crippen molar-refractivity contribution >= 4 is 40.5 Å². The molecule has 0 fully saturated rings. The smallest absolute Gasteiger partial charge is 0.304 e. The van der Waals surface area contributed by atoms with Gasteiger partial charge in [0.25, 0.3) is 12.1 Å². The maximum atomic E-state index is 12.6. The van der Waals surface area contributed by atoms with Crippen LogP contribution in [0.25, 0.3) is 5.00 Å². The number of hydrogen-bond acceptors (Lipinski definition) is 8. The molecular weight excluding hydrogens is 466 g/mol. The van der Waals surface area contributed by atoms with Crippen LogP contribution in [0.15, 0.2) is 35.3 Å². The number of carbonyl (C=O) groups is 2. The molecule has 0 spiro atoms. The van der Waals surface area contributed by atoms with Gasteiger partial charge in [-0.15, -0.1) is 16.4 Å². The van der Waals surface area contributed by atoms with Gasteiger partial charge in [0, 0.05) is 41.6 Å². The number of nitrogens with one attached hydrogen (secondary N) is 1. The predicted octanol–water partition coefficient (Wildman–Crippen LogP) is 3.33. The highest BCUT2D eigenvalue weighted by molar-refractivity contribution is 7.15. The van der Waals surface area contributed by atoms with Crippen LogP contribution in [-0.2, 0) is 20.7 Å². The maximum Gasteiger partial charge on any atom is 0.304 e. The molecule has 1 aromatic carbocycles. The fraction of sp³-hybridized carbons (Fsp3) is 0.318. The molecule has 1 N–H and O–H groups in total. The molecule has 9 nitrogen and oxygen atoms in total. The van der Waals surface area contributed by atoms with E-state index in [9.17, 15) is 9.59 Å². The average molecular weight is 488 g/mol. The van der Waals surface area contributed by atoms with Gasteiger partial charge in [-0.05, 0) is 18.6 Å². The van der Waals surface area contributed by atoms with Crippen molar-refractivity contribution in [3.63, 3.8) is 0 Å². The zero-order valence-electron chi connectivity index (χ0n) is 18.3. The Bertz CT molecular complexity index is 1240. The first-order valence-corrected chi connectivity index (χ1v) is 11.5. The lowest BCUT2D eigenvalue weighted by Crippen LogP contribution is -2.28. The average Bonchev–Trinajstić information content (AvgIpc) is 3.39. The highest BCUT2D eigenvalue weighted by Crippen LogP contribution is 2.37. The van der Waals surface area contributed by atoms with Crippen LogP contribution in [0.3, 0.4) is 0 Å². The number of nitrogens with zero attached hydrogens (tertiary/aromatic N) is 4. The molecule has 0 saturated heterocycles. The summed E-state index contributed by atoms with van der Waals surface area (Å²) in [4.78, 5) is 34.7. The Hall–Kier alpha value is -3.08. The van der Waals surface area contributed by atoms with Crippen molar-refractivity contribution in [1.29, 1.82) is 0 Å². The number of fused-ring (bicyclic) bond motifs is 3. The van der Waals surface area contributed by atoms with Crippen LogP contribution in [0.5, 0.6) is 0 Å². The van der Waals surface area contributed by atoms with Gasteiger partial charge < -0.3 is 14.8 Å². The SMILES string of the molecule is CCc1cc2c(s1)-n1nc(C(=O)NCCOC)nc1C(OC(C)=O)N=C2c1ccccc1Cl. The number of carbonyl (C=O) groups excluding carboxylic acids is 2. The Morgan fingerprint density at radius 1 is 1.27 bits per heavy atom. The summed E-state index contributed by atoms with van der Waals surface area (Å²) in [6.07, 6.45) is -0.304. The minimum Gasteiger partial charge on any atom is -0.432 e. The lowest BCUT2D eigenvalue weighted by atomic mass is 10.0. The summed E-state index contributed by atoms with van der Waals surface area (Å²) in [5.41, 5.74) is 2.04. The number of halogens is 1. The van der Waals surface area contributed by atoms with E-state index in [-0.39, 0.29) is 11.6 Å². The second kappa shape index (κ2) is 9.82. The molecule has 2 aromatic heterocycles. The van der Waals surface area contributed by atoms with Crippen LogP contribution in [-0.4, -0.2) is 52.6 Å². The van der Waals surface area contributed by atoms with E-state index in [1.807, 2.05) is 24.3 Å². The predicted molar refractivity (Wildman–Crippen MR) is 124 cm³/mol. The molecular formula is C22H22ClN5O4S. The van der Waals surface area contributed by atoms with Crippen molar-refractivity contribution in [2.24, 2.45) is 4.99 Å². The Balaban J connectivity index is 1.89. The number of aliphatic imine (C=N–C) groups is 1. The van der Waals surface area contributed by atoms with Gasteiger partial charge in [0.05, 0.1) is 12.3 Å². The number of esters is 1. The third-order valence-electron chi connectivity index (χ3n) is 4.86. The zero-order chi connectivity index (χ0) is 23.5. The van der Waals surface area contributed by atoms with Gasteiger partial charge in [0.15, 0.2) is 5.82 Å². The van der Waals surface area contributed by atoms with Gasteiger partial charge in [-0.3, -0.25) is 9.59 Å². The second-order valence-electron chi connectivity index (χ2n) is 7.16. The molecule has 0 radical (unpaired) electrons. The molecule has 3 heterocycles. The number of aromatic nitrogens is 3. The molecule has 0 aliphatic carbocycles. The molecule has 4 rings (SSSR count). The van der Waals surface area contributed by atoms with Gasteiger partial charge in [-0.25, -0.2) is 14.7 Å². The number of rotatable bonds is 7. The number of aryl methyl sites for hydroxylation is 1. The van der Waals surface area contributed by atoms with Gasteiger partial charge in [-0.2, -0.15) is 0 Å². The summed E-state index contributed by atoms with van der Waals surface area (Å²) in [7, 11) is 1.55. The van der Waals surface area contributed by atoms with Gasteiger partial charge >= 0.3 is 5.97 Å². The second-order valence-corrected chi connectivity index (χ2v) is 8.68. The molecule has 0 bridgehead atoms. The fourth-order valence-corrected chi connectivity index (χ4v) is 4.64. The Morgan fingerprint density at radius 3 is 2.76 bits per heavy atom. The van der Waals surface area contributed by atoms with Crippen LogP contribution in [0.2, 0.25) is 5.02 Å². The standard InChI is InChI=1S/C22H22ClN5O4S/c1-4-13-11-15-17(14-7-5-6-8-16(14)23)25-21(32-12(2)29)19-26-18(20(30)24-9-10-31-3)27-28(19)22(15)33-13/h5-8,11,21H,4,9-10H2,1-3H3,(H,24,30). The lowest BCUT2D eigenvalue weighted by molar-refractivity contribution is -0.146. The van der Waals surface area contributed by atoms with E-state index in [2.05, 4.69) is 22.3 Å². The van der Waals surface area contributed by atoms with Gasteiger partial charge in [-0.1, -0.05) is 36.7 Å². The van der Waals surface area contributed by atoms with Crippen LogP contribution >= 0.6 is 22.9 Å². The molecule has 1 aliphatic rings.